The lowest BCUT2D eigenvalue weighted by Gasteiger charge is -2.21. The molecule has 0 saturated carbocycles. The maximum absolute atomic E-state index is 12.9. The van der Waals surface area contributed by atoms with Crippen LogP contribution in [0.25, 0.3) is 0 Å². The van der Waals surface area contributed by atoms with E-state index in [-0.39, 0.29) is 25.9 Å². The summed E-state index contributed by atoms with van der Waals surface area (Å²) in [5, 5.41) is 9.76. The van der Waals surface area contributed by atoms with Crippen molar-refractivity contribution in [1.29, 1.82) is 0 Å². The number of ether oxygens (including phenoxy) is 3. The number of phosphoric ester groups is 1. The van der Waals surface area contributed by atoms with E-state index in [0.29, 0.717) is 19.3 Å². The van der Waals surface area contributed by atoms with Crippen LogP contribution in [0.5, 0.6) is 0 Å². The van der Waals surface area contributed by atoms with Gasteiger partial charge in [-0.3, -0.25) is 23.4 Å². The molecule has 11 nitrogen and oxygen atoms in total. The molecule has 0 aromatic rings. The summed E-state index contributed by atoms with van der Waals surface area (Å²) in [4.78, 5) is 48.4. The number of aliphatic hydroxyl groups excluding tert-OH is 1. The molecule has 0 aromatic heterocycles. The van der Waals surface area contributed by atoms with Crippen LogP contribution in [0.15, 0.2) is 72.9 Å². The number of aliphatic hydroxyl groups is 1. The quantitative estimate of drug-likeness (QED) is 0.0197. The number of rotatable bonds is 51. The van der Waals surface area contributed by atoms with E-state index in [1.165, 1.54) is 51.4 Å². The minimum Gasteiger partial charge on any atom is -0.462 e. The van der Waals surface area contributed by atoms with E-state index in [1.807, 2.05) is 0 Å². The molecule has 0 spiro atoms. The summed E-state index contributed by atoms with van der Waals surface area (Å²) in [6.45, 7) is 4.45. The van der Waals surface area contributed by atoms with Crippen LogP contribution >= 0.6 is 7.82 Å². The predicted molar refractivity (Wildman–Crippen MR) is 288 cm³/mol. The molecule has 0 aliphatic rings. The fourth-order valence-electron chi connectivity index (χ4n) is 7.38. The average Bonchev–Trinajstić information content (AvgIpc) is 3.35. The molecule has 2 N–H and O–H groups in total. The Morgan fingerprint density at radius 1 is 0.414 bits per heavy atom. The Kier molecular flexibility index (Phi) is 50.0. The Morgan fingerprint density at radius 3 is 1.17 bits per heavy atom. The standard InChI is InChI=1S/C58H101O11P/c1-4-7-10-13-16-19-21-23-25-26-27-28-30-32-34-37-40-43-46-49-58(62)69-55(51-65-56(60)47-44-41-38-36-33-31-29-24-22-20-17-14-11-8-5-2)53-67-70(63,64)66-52-54(50-59)68-57(61)48-45-42-39-35-18-15-12-9-6-3/h7,10,16-17,19-20,23-25,27-29,54-55,59H,4-6,8-9,11-15,18,21-22,26,30-53H2,1-3H3,(H,63,64)/b10-7-,19-16-,20-17-,25-23-,28-27-,29-24-. The molecule has 0 rings (SSSR count). The van der Waals surface area contributed by atoms with Crippen LogP contribution in [0.3, 0.4) is 0 Å². The second kappa shape index (κ2) is 52.2. The normalized spacial score (nSPS) is 14.0. The van der Waals surface area contributed by atoms with E-state index < -0.39 is 57.8 Å². The SMILES string of the molecule is CC/C=C\C/C=C\C/C=C\C/C=C\CCCCCCCCC(=O)OC(COC(=O)CCCCCCC/C=C\C/C=C\CCCCC)COP(=O)(O)OCC(CO)OC(=O)CCCCCCCCCCC. The molecule has 0 aromatic carbocycles. The van der Waals surface area contributed by atoms with E-state index in [4.69, 9.17) is 23.3 Å². The monoisotopic (exact) mass is 1000 g/mol. The van der Waals surface area contributed by atoms with E-state index >= 15 is 0 Å². The zero-order chi connectivity index (χ0) is 51.3. The van der Waals surface area contributed by atoms with Crippen molar-refractivity contribution >= 4 is 25.7 Å². The lowest BCUT2D eigenvalue weighted by molar-refractivity contribution is -0.161. The highest BCUT2D eigenvalue weighted by Crippen LogP contribution is 2.43. The van der Waals surface area contributed by atoms with Gasteiger partial charge in [0.05, 0.1) is 19.8 Å². The molecule has 0 saturated heterocycles. The second-order valence-corrected chi connectivity index (χ2v) is 19.8. The molecule has 0 aliphatic heterocycles. The minimum atomic E-state index is -4.75. The van der Waals surface area contributed by atoms with Gasteiger partial charge in [0.2, 0.25) is 0 Å². The summed E-state index contributed by atoms with van der Waals surface area (Å²) in [7, 11) is -4.75. The fraction of sp³-hybridized carbons (Fsp3) is 0.741. The van der Waals surface area contributed by atoms with Gasteiger partial charge >= 0.3 is 25.7 Å². The predicted octanol–water partition coefficient (Wildman–Crippen LogP) is 16.1. The zero-order valence-electron chi connectivity index (χ0n) is 44.5. The molecule has 0 aliphatic carbocycles. The molecule has 12 heteroatoms. The van der Waals surface area contributed by atoms with Gasteiger partial charge in [-0.15, -0.1) is 0 Å². The molecule has 0 fully saturated rings. The molecule has 0 bridgehead atoms. The van der Waals surface area contributed by atoms with Crippen LogP contribution in [-0.2, 0) is 42.2 Å². The van der Waals surface area contributed by atoms with Crippen LogP contribution in [0.4, 0.5) is 0 Å². The highest BCUT2D eigenvalue weighted by Gasteiger charge is 2.28. The number of hydrogen-bond acceptors (Lipinski definition) is 10. The summed E-state index contributed by atoms with van der Waals surface area (Å²) in [6, 6.07) is 0. The third-order valence-corrected chi connectivity index (χ3v) is 12.6. The first kappa shape index (κ1) is 66.9. The molecular weight excluding hydrogens is 904 g/mol. The summed E-state index contributed by atoms with van der Waals surface area (Å²) in [5.41, 5.74) is 0. The first-order valence-electron chi connectivity index (χ1n) is 27.8. The molecule has 0 amide bonds. The first-order valence-corrected chi connectivity index (χ1v) is 29.3. The van der Waals surface area contributed by atoms with Crippen molar-refractivity contribution < 1.29 is 52.2 Å². The summed E-state index contributed by atoms with van der Waals surface area (Å²) in [5.74, 6) is -1.50. The van der Waals surface area contributed by atoms with Crippen LogP contribution < -0.4 is 0 Å². The number of hydrogen-bond donors (Lipinski definition) is 2. The Morgan fingerprint density at radius 2 is 0.743 bits per heavy atom. The third kappa shape index (κ3) is 49.9. The van der Waals surface area contributed by atoms with Gasteiger partial charge in [0.1, 0.15) is 12.7 Å². The summed E-state index contributed by atoms with van der Waals surface area (Å²) >= 11 is 0. The van der Waals surface area contributed by atoms with Crippen molar-refractivity contribution in [1.82, 2.24) is 0 Å². The van der Waals surface area contributed by atoms with Gasteiger partial charge in [-0.1, -0.05) is 203 Å². The van der Waals surface area contributed by atoms with Gasteiger partial charge in [-0.05, 0) is 89.9 Å². The molecular formula is C58H101O11P. The van der Waals surface area contributed by atoms with Crippen molar-refractivity contribution in [3.8, 4) is 0 Å². The zero-order valence-corrected chi connectivity index (χ0v) is 45.4. The van der Waals surface area contributed by atoms with Gasteiger partial charge < -0.3 is 24.2 Å². The lowest BCUT2D eigenvalue weighted by Crippen LogP contribution is -2.30. The highest BCUT2D eigenvalue weighted by atomic mass is 31.2. The average molecular weight is 1010 g/mol. The fourth-order valence-corrected chi connectivity index (χ4v) is 8.16. The Hall–Kier alpha value is -3.08. The smallest absolute Gasteiger partial charge is 0.462 e. The van der Waals surface area contributed by atoms with E-state index in [2.05, 4.69) is 93.7 Å². The largest absolute Gasteiger partial charge is 0.472 e. The number of carbonyl (C=O) groups excluding carboxylic acids is 3. The highest BCUT2D eigenvalue weighted by molar-refractivity contribution is 7.47. The van der Waals surface area contributed by atoms with Crippen molar-refractivity contribution in [3.05, 3.63) is 72.9 Å². The minimum absolute atomic E-state index is 0.147. The number of allylic oxidation sites excluding steroid dienone is 12. The van der Waals surface area contributed by atoms with Crippen molar-refractivity contribution in [2.75, 3.05) is 26.4 Å². The van der Waals surface area contributed by atoms with Crippen molar-refractivity contribution in [2.24, 2.45) is 0 Å². The van der Waals surface area contributed by atoms with Crippen LogP contribution in [0.2, 0.25) is 0 Å². The van der Waals surface area contributed by atoms with Gasteiger partial charge in [0.25, 0.3) is 0 Å². The topological polar surface area (TPSA) is 155 Å². The molecule has 70 heavy (non-hydrogen) atoms. The Balaban J connectivity index is 4.77. The molecule has 0 heterocycles. The van der Waals surface area contributed by atoms with Gasteiger partial charge in [0.15, 0.2) is 6.10 Å². The van der Waals surface area contributed by atoms with Gasteiger partial charge in [0, 0.05) is 19.3 Å². The number of esters is 3. The van der Waals surface area contributed by atoms with E-state index in [1.54, 1.807) is 0 Å². The Labute approximate surface area is 427 Å². The second-order valence-electron chi connectivity index (χ2n) is 18.4. The molecule has 3 unspecified atom stereocenters. The van der Waals surface area contributed by atoms with Crippen LogP contribution in [-0.4, -0.2) is 66.5 Å². The third-order valence-electron chi connectivity index (χ3n) is 11.6. The summed E-state index contributed by atoms with van der Waals surface area (Å²) in [6.07, 6.45) is 57.2. The van der Waals surface area contributed by atoms with E-state index in [0.717, 1.165) is 128 Å². The van der Waals surface area contributed by atoms with Crippen LogP contribution in [0, 0.1) is 0 Å². The van der Waals surface area contributed by atoms with Crippen LogP contribution in [0.1, 0.15) is 239 Å². The first-order chi connectivity index (χ1) is 34.2. The molecule has 0 radical (unpaired) electrons. The van der Waals surface area contributed by atoms with E-state index in [9.17, 15) is 28.9 Å². The lowest BCUT2D eigenvalue weighted by atomic mass is 10.1. The maximum Gasteiger partial charge on any atom is 0.472 e. The maximum atomic E-state index is 12.9. The van der Waals surface area contributed by atoms with Crippen molar-refractivity contribution in [3.63, 3.8) is 0 Å². The number of carbonyl (C=O) groups is 3. The molecule has 404 valence electrons. The Bertz CT molecular complexity index is 1450. The number of phosphoric acid groups is 1. The van der Waals surface area contributed by atoms with Crippen molar-refractivity contribution in [2.45, 2.75) is 251 Å². The molecule has 3 atom stereocenters. The number of unbranched alkanes of at least 4 members (excludes halogenated alkanes) is 22. The van der Waals surface area contributed by atoms with Gasteiger partial charge in [-0.2, -0.15) is 0 Å². The van der Waals surface area contributed by atoms with Gasteiger partial charge in [-0.25, -0.2) is 4.57 Å². The summed E-state index contributed by atoms with van der Waals surface area (Å²) < 4.78 is 39.4.